The van der Waals surface area contributed by atoms with Crippen molar-refractivity contribution in [2.24, 2.45) is 0 Å². The molecule has 1 aliphatic heterocycles. The van der Waals surface area contributed by atoms with E-state index in [1.165, 1.54) is 6.07 Å². The normalized spacial score (nSPS) is 18.5. The quantitative estimate of drug-likeness (QED) is 0.265. The summed E-state index contributed by atoms with van der Waals surface area (Å²) < 4.78 is 59.9. The highest BCUT2D eigenvalue weighted by molar-refractivity contribution is 5.90. The largest absolute Gasteiger partial charge is 0.478 e. The first-order valence-corrected chi connectivity index (χ1v) is 12.8. The van der Waals surface area contributed by atoms with Gasteiger partial charge in [-0.2, -0.15) is 13.2 Å². The van der Waals surface area contributed by atoms with E-state index < -0.39 is 29.9 Å². The molecule has 208 valence electrons. The number of rotatable bonds is 11. The van der Waals surface area contributed by atoms with Crippen molar-refractivity contribution in [1.82, 2.24) is 4.90 Å². The molecule has 1 heterocycles. The van der Waals surface area contributed by atoms with E-state index in [2.05, 4.69) is 4.90 Å². The van der Waals surface area contributed by atoms with Crippen molar-refractivity contribution in [2.45, 2.75) is 70.9 Å². The summed E-state index contributed by atoms with van der Waals surface area (Å²) in [5, 5.41) is 19.9. The van der Waals surface area contributed by atoms with Gasteiger partial charge in [0.2, 0.25) is 0 Å². The lowest BCUT2D eigenvalue weighted by Crippen LogP contribution is -2.39. The lowest BCUT2D eigenvalue weighted by Gasteiger charge is -2.28. The van der Waals surface area contributed by atoms with Crippen LogP contribution in [0, 0.1) is 12.7 Å². The molecule has 9 heteroatoms. The Balaban J connectivity index is 1.67. The Bertz CT molecular complexity index is 1150. The third-order valence-electron chi connectivity index (χ3n) is 7.03. The van der Waals surface area contributed by atoms with Crippen molar-refractivity contribution < 1.29 is 37.3 Å². The molecule has 0 bridgehead atoms. The predicted octanol–water partition coefficient (Wildman–Crippen LogP) is 6.18. The van der Waals surface area contributed by atoms with Crippen LogP contribution >= 0.6 is 0 Å². The summed E-state index contributed by atoms with van der Waals surface area (Å²) in [5.41, 5.74) is 1.46. The van der Waals surface area contributed by atoms with Crippen LogP contribution in [0.3, 0.4) is 0 Å². The topological polar surface area (TPSA) is 70.0 Å². The van der Waals surface area contributed by atoms with Crippen LogP contribution in [0.25, 0.3) is 5.57 Å². The molecule has 0 radical (unpaired) electrons. The van der Waals surface area contributed by atoms with Gasteiger partial charge in [0.15, 0.2) is 0 Å². The number of β-amino-alcohol motifs (C(OH)–C–C–N with tert-alkyl or cyclic N) is 1. The maximum Gasteiger partial charge on any atom is 0.416 e. The van der Waals surface area contributed by atoms with Gasteiger partial charge in [-0.15, -0.1) is 0 Å². The molecular weight excluding hydrogens is 502 g/mol. The highest BCUT2D eigenvalue weighted by Crippen LogP contribution is 2.36. The van der Waals surface area contributed by atoms with E-state index >= 15 is 0 Å². The maximum absolute atomic E-state index is 14.0. The second kappa shape index (κ2) is 12.9. The monoisotopic (exact) mass is 537 g/mol. The Hall–Kier alpha value is -2.75. The Morgan fingerprint density at radius 1 is 1.24 bits per heavy atom. The third-order valence-corrected chi connectivity index (χ3v) is 7.03. The van der Waals surface area contributed by atoms with Gasteiger partial charge in [0, 0.05) is 18.7 Å². The number of allylic oxidation sites excluding steroid dienone is 1. The number of carboxylic acid groups (broad SMARTS) is 1. The number of aliphatic carboxylic acids is 1. The number of hydrogen-bond acceptors (Lipinski definition) is 4. The molecule has 0 spiro atoms. The van der Waals surface area contributed by atoms with Gasteiger partial charge in [-0.05, 0) is 92.1 Å². The van der Waals surface area contributed by atoms with Crippen LogP contribution in [0.1, 0.15) is 67.0 Å². The average molecular weight is 538 g/mol. The van der Waals surface area contributed by atoms with Crippen molar-refractivity contribution in [1.29, 1.82) is 0 Å². The standard InChI is InChI=1S/C29H35F4NO4/c1-4-21(14-28(36)37)26-15-22(29(31,32)33)9-10-25(26)19(3)38-17-24(35)16-34-11-5-6-23(34)12-20-8-7-18(2)27(30)13-20/h7-10,13-15,19,23-24,35H,4-6,11-12,16-17H2,1-3H3,(H,36,37)/b21-14+/t19-,23+,24+/m1/s1. The molecule has 0 aliphatic carbocycles. The summed E-state index contributed by atoms with van der Waals surface area (Å²) in [7, 11) is 0. The first-order valence-electron chi connectivity index (χ1n) is 12.8. The molecule has 1 aliphatic rings. The number of halogens is 4. The van der Waals surface area contributed by atoms with Crippen LogP contribution in [0.4, 0.5) is 17.6 Å². The fourth-order valence-corrected chi connectivity index (χ4v) is 4.96. The van der Waals surface area contributed by atoms with Crippen molar-refractivity contribution >= 4 is 11.5 Å². The molecule has 38 heavy (non-hydrogen) atoms. The lowest BCUT2D eigenvalue weighted by atomic mass is 9.92. The van der Waals surface area contributed by atoms with Crippen LogP contribution in [0.2, 0.25) is 0 Å². The van der Waals surface area contributed by atoms with E-state index in [1.54, 1.807) is 32.9 Å². The molecule has 1 fully saturated rings. The first-order chi connectivity index (χ1) is 17.9. The Kier molecular flexibility index (Phi) is 10.1. The third kappa shape index (κ3) is 7.88. The summed E-state index contributed by atoms with van der Waals surface area (Å²) >= 11 is 0. The van der Waals surface area contributed by atoms with E-state index in [-0.39, 0.29) is 36.0 Å². The second-order valence-corrected chi connectivity index (χ2v) is 9.87. The summed E-state index contributed by atoms with van der Waals surface area (Å²) in [5.74, 6) is -1.48. The number of carbonyl (C=O) groups is 1. The highest BCUT2D eigenvalue weighted by Gasteiger charge is 2.32. The number of alkyl halides is 3. The fraction of sp³-hybridized carbons (Fsp3) is 0.483. The number of likely N-dealkylation sites (tertiary alicyclic amines) is 1. The number of benzene rings is 2. The minimum absolute atomic E-state index is 0.0475. The number of ether oxygens (including phenoxy) is 1. The van der Waals surface area contributed by atoms with Gasteiger partial charge < -0.3 is 14.9 Å². The SMILES string of the molecule is CC/C(=C\C(=O)O)c1cc(C(F)(F)F)ccc1[C@@H](C)OC[C@@H](O)CN1CCC[C@H]1Cc1ccc(C)c(F)c1. The van der Waals surface area contributed by atoms with Gasteiger partial charge in [0.25, 0.3) is 0 Å². The molecule has 2 aromatic rings. The minimum Gasteiger partial charge on any atom is -0.478 e. The molecule has 2 aromatic carbocycles. The van der Waals surface area contributed by atoms with Crippen molar-refractivity contribution in [2.75, 3.05) is 19.7 Å². The van der Waals surface area contributed by atoms with Crippen LogP contribution < -0.4 is 0 Å². The van der Waals surface area contributed by atoms with E-state index in [4.69, 9.17) is 4.74 Å². The summed E-state index contributed by atoms with van der Waals surface area (Å²) in [6.45, 7) is 6.16. The van der Waals surface area contributed by atoms with Crippen LogP contribution in [0.15, 0.2) is 42.5 Å². The molecule has 3 atom stereocenters. The summed E-state index contributed by atoms with van der Waals surface area (Å²) in [6, 6.07) is 8.60. The van der Waals surface area contributed by atoms with Crippen molar-refractivity contribution in [3.8, 4) is 0 Å². The molecule has 3 rings (SSSR count). The van der Waals surface area contributed by atoms with Crippen LogP contribution in [-0.2, 0) is 22.1 Å². The van der Waals surface area contributed by atoms with Crippen molar-refractivity contribution in [3.63, 3.8) is 0 Å². The molecule has 0 amide bonds. The number of carboxylic acids is 1. The Morgan fingerprint density at radius 3 is 2.61 bits per heavy atom. The smallest absolute Gasteiger partial charge is 0.416 e. The van der Waals surface area contributed by atoms with Gasteiger partial charge in [-0.1, -0.05) is 25.1 Å². The second-order valence-electron chi connectivity index (χ2n) is 9.87. The predicted molar refractivity (Wildman–Crippen MR) is 137 cm³/mol. The Labute approximate surface area is 220 Å². The molecule has 0 saturated carbocycles. The number of aryl methyl sites for hydroxylation is 1. The molecular formula is C29H35F4NO4. The Morgan fingerprint density at radius 2 is 1.97 bits per heavy atom. The van der Waals surface area contributed by atoms with Crippen LogP contribution in [0.5, 0.6) is 0 Å². The first kappa shape index (κ1) is 29.8. The number of aliphatic hydroxyl groups is 1. The average Bonchev–Trinajstić information content (AvgIpc) is 3.28. The van der Waals surface area contributed by atoms with Gasteiger partial charge >= 0.3 is 12.1 Å². The summed E-state index contributed by atoms with van der Waals surface area (Å²) in [6.07, 6.45) is -2.40. The number of aliphatic hydroxyl groups excluding tert-OH is 1. The zero-order valence-corrected chi connectivity index (χ0v) is 21.9. The van der Waals surface area contributed by atoms with E-state index in [9.17, 15) is 32.6 Å². The van der Waals surface area contributed by atoms with E-state index in [0.717, 1.165) is 43.2 Å². The van der Waals surface area contributed by atoms with Crippen LogP contribution in [-0.4, -0.2) is 52.9 Å². The lowest BCUT2D eigenvalue weighted by molar-refractivity contribution is -0.137. The van der Waals surface area contributed by atoms with Gasteiger partial charge in [-0.25, -0.2) is 9.18 Å². The maximum atomic E-state index is 14.0. The molecule has 2 N–H and O–H groups in total. The molecule has 1 saturated heterocycles. The van der Waals surface area contributed by atoms with E-state index in [1.807, 2.05) is 6.07 Å². The number of nitrogens with zero attached hydrogens (tertiary/aromatic N) is 1. The van der Waals surface area contributed by atoms with Gasteiger partial charge in [0.05, 0.1) is 24.4 Å². The molecule has 0 aromatic heterocycles. The zero-order valence-electron chi connectivity index (χ0n) is 21.9. The molecule has 0 unspecified atom stereocenters. The number of hydrogen-bond donors (Lipinski definition) is 2. The zero-order chi connectivity index (χ0) is 28.0. The highest BCUT2D eigenvalue weighted by atomic mass is 19.4. The van der Waals surface area contributed by atoms with Gasteiger partial charge in [-0.3, -0.25) is 4.90 Å². The van der Waals surface area contributed by atoms with E-state index in [0.29, 0.717) is 24.1 Å². The minimum atomic E-state index is -4.58. The van der Waals surface area contributed by atoms with Gasteiger partial charge in [0.1, 0.15) is 5.82 Å². The fourth-order valence-electron chi connectivity index (χ4n) is 4.96. The van der Waals surface area contributed by atoms with Crippen molar-refractivity contribution in [3.05, 3.63) is 76.1 Å². The molecule has 5 nitrogen and oxygen atoms in total. The summed E-state index contributed by atoms with van der Waals surface area (Å²) in [4.78, 5) is 13.4.